The van der Waals surface area contributed by atoms with Gasteiger partial charge < -0.3 is 14.4 Å². The summed E-state index contributed by atoms with van der Waals surface area (Å²) in [4.78, 5) is 16.4. The second-order valence-corrected chi connectivity index (χ2v) is 4.29. The Morgan fingerprint density at radius 3 is 3.00 bits per heavy atom. The number of phenolic OH excluding ortho intramolecular Hbond substituents is 1. The fourth-order valence-electron chi connectivity index (χ4n) is 2.30. The van der Waals surface area contributed by atoms with Gasteiger partial charge in [0.1, 0.15) is 29.2 Å². The van der Waals surface area contributed by atoms with Crippen LogP contribution in [-0.4, -0.2) is 26.5 Å². The lowest BCUT2D eigenvalue weighted by Crippen LogP contribution is -2.37. The average molecular weight is 244 g/mol. The number of ketones is 1. The van der Waals surface area contributed by atoms with Crippen molar-refractivity contribution >= 4 is 5.78 Å². The van der Waals surface area contributed by atoms with Crippen molar-refractivity contribution in [3.8, 4) is 11.5 Å². The molecule has 1 N–H and O–H groups in total. The van der Waals surface area contributed by atoms with E-state index in [1.807, 2.05) is 6.92 Å². The number of aromatic nitrogens is 2. The predicted molar refractivity (Wildman–Crippen MR) is 63.8 cm³/mol. The monoisotopic (exact) mass is 244 g/mol. The first-order valence-electron chi connectivity index (χ1n) is 5.69. The quantitative estimate of drug-likeness (QED) is 0.830. The molecule has 92 valence electrons. The van der Waals surface area contributed by atoms with E-state index in [0.29, 0.717) is 5.75 Å². The molecule has 0 saturated carbocycles. The molecule has 0 aliphatic carbocycles. The van der Waals surface area contributed by atoms with Gasteiger partial charge in [0.2, 0.25) is 0 Å². The molecule has 0 amide bonds. The molecule has 1 aromatic carbocycles. The topological polar surface area (TPSA) is 64.3 Å². The molecule has 3 rings (SSSR count). The highest BCUT2D eigenvalue weighted by atomic mass is 16.5. The zero-order valence-electron chi connectivity index (χ0n) is 9.78. The third-order valence-electron chi connectivity index (χ3n) is 3.12. The van der Waals surface area contributed by atoms with Gasteiger partial charge in [0.15, 0.2) is 5.78 Å². The van der Waals surface area contributed by atoms with E-state index < -0.39 is 6.04 Å². The number of ether oxygens (including phenoxy) is 1. The number of phenols is 1. The Morgan fingerprint density at radius 1 is 1.44 bits per heavy atom. The lowest BCUT2D eigenvalue weighted by molar-refractivity contribution is 0.0713. The number of carbonyl (C=O) groups is 1. The molecule has 2 aromatic rings. The molecule has 0 bridgehead atoms. The molecule has 1 aromatic heterocycles. The lowest BCUT2D eigenvalue weighted by Gasteiger charge is -2.31. The van der Waals surface area contributed by atoms with Crippen LogP contribution in [0.15, 0.2) is 36.9 Å². The molecule has 0 fully saturated rings. The van der Waals surface area contributed by atoms with Crippen LogP contribution in [0.3, 0.4) is 0 Å². The minimum absolute atomic E-state index is 0.0467. The number of imidazole rings is 1. The highest BCUT2D eigenvalue weighted by molar-refractivity contribution is 6.05. The summed E-state index contributed by atoms with van der Waals surface area (Å²) in [6, 6.07) is 4.34. The summed E-state index contributed by atoms with van der Waals surface area (Å²) in [6.45, 7) is 1.83. The van der Waals surface area contributed by atoms with E-state index in [4.69, 9.17) is 4.74 Å². The smallest absolute Gasteiger partial charge is 0.196 e. The number of carbonyl (C=O) groups excluding carboxylic acids is 1. The van der Waals surface area contributed by atoms with Crippen molar-refractivity contribution in [3.05, 3.63) is 42.5 Å². The third kappa shape index (κ3) is 1.48. The summed E-state index contributed by atoms with van der Waals surface area (Å²) in [5.41, 5.74) is 0.245. The number of hydrogen-bond donors (Lipinski definition) is 1. The molecule has 2 atom stereocenters. The maximum absolute atomic E-state index is 12.5. The van der Waals surface area contributed by atoms with Gasteiger partial charge in [-0.15, -0.1) is 0 Å². The summed E-state index contributed by atoms with van der Waals surface area (Å²) in [5, 5.41) is 9.80. The first-order chi connectivity index (χ1) is 8.68. The van der Waals surface area contributed by atoms with Crippen molar-refractivity contribution < 1.29 is 14.6 Å². The number of Topliss-reactive ketones (excluding diaryl/α,β-unsaturated/α-hetero) is 1. The van der Waals surface area contributed by atoms with E-state index in [2.05, 4.69) is 4.98 Å². The highest BCUT2D eigenvalue weighted by Crippen LogP contribution is 2.37. The molecular formula is C13H12N2O3. The third-order valence-corrected chi connectivity index (χ3v) is 3.12. The molecule has 0 spiro atoms. The minimum Gasteiger partial charge on any atom is -0.507 e. The van der Waals surface area contributed by atoms with Gasteiger partial charge in [0.05, 0.1) is 6.33 Å². The molecule has 5 heteroatoms. The second-order valence-electron chi connectivity index (χ2n) is 4.29. The summed E-state index contributed by atoms with van der Waals surface area (Å²) in [7, 11) is 0. The lowest BCUT2D eigenvalue weighted by atomic mass is 9.95. The van der Waals surface area contributed by atoms with E-state index in [1.54, 1.807) is 35.4 Å². The van der Waals surface area contributed by atoms with Crippen LogP contribution in [0.2, 0.25) is 0 Å². The Balaban J connectivity index is 2.12. The van der Waals surface area contributed by atoms with Crippen LogP contribution >= 0.6 is 0 Å². The summed E-state index contributed by atoms with van der Waals surface area (Å²) >= 11 is 0. The maximum atomic E-state index is 12.5. The summed E-state index contributed by atoms with van der Waals surface area (Å²) in [6.07, 6.45) is 4.60. The highest BCUT2D eigenvalue weighted by Gasteiger charge is 2.37. The molecule has 0 unspecified atom stereocenters. The summed E-state index contributed by atoms with van der Waals surface area (Å²) in [5.74, 6) is 0.234. The van der Waals surface area contributed by atoms with Crippen molar-refractivity contribution in [1.29, 1.82) is 0 Å². The van der Waals surface area contributed by atoms with Crippen LogP contribution in [0.1, 0.15) is 23.3 Å². The van der Waals surface area contributed by atoms with E-state index in [-0.39, 0.29) is 23.2 Å². The van der Waals surface area contributed by atoms with Gasteiger partial charge in [-0.1, -0.05) is 6.07 Å². The Hall–Kier alpha value is -2.30. The van der Waals surface area contributed by atoms with Crippen LogP contribution in [0.25, 0.3) is 0 Å². The minimum atomic E-state index is -0.492. The van der Waals surface area contributed by atoms with Crippen LogP contribution in [0, 0.1) is 0 Å². The molecule has 0 saturated heterocycles. The number of hydrogen-bond acceptors (Lipinski definition) is 4. The zero-order valence-corrected chi connectivity index (χ0v) is 9.78. The first-order valence-corrected chi connectivity index (χ1v) is 5.69. The molecular weight excluding hydrogens is 232 g/mol. The maximum Gasteiger partial charge on any atom is 0.196 e. The van der Waals surface area contributed by atoms with E-state index in [1.165, 1.54) is 6.07 Å². The largest absolute Gasteiger partial charge is 0.507 e. The van der Waals surface area contributed by atoms with Crippen LogP contribution in [-0.2, 0) is 0 Å². The molecule has 2 heterocycles. The molecule has 1 aliphatic heterocycles. The first kappa shape index (κ1) is 10.8. The Labute approximate surface area is 104 Å². The van der Waals surface area contributed by atoms with Gasteiger partial charge >= 0.3 is 0 Å². The van der Waals surface area contributed by atoms with E-state index in [0.717, 1.165) is 0 Å². The Kier molecular flexibility index (Phi) is 2.33. The van der Waals surface area contributed by atoms with E-state index in [9.17, 15) is 9.90 Å². The van der Waals surface area contributed by atoms with Crippen molar-refractivity contribution in [2.75, 3.05) is 0 Å². The molecule has 0 radical (unpaired) electrons. The van der Waals surface area contributed by atoms with Gasteiger partial charge in [-0.25, -0.2) is 4.98 Å². The molecule has 1 aliphatic rings. The van der Waals surface area contributed by atoms with E-state index >= 15 is 0 Å². The standard InChI is InChI=1S/C13H12N2O3/c1-8-12(15-6-5-14-7-15)13(17)11-9(16)3-2-4-10(11)18-8/h2-8,12,16H,1H3/t8-,12-/m0/s1. The van der Waals surface area contributed by atoms with Gasteiger partial charge in [-0.3, -0.25) is 4.79 Å². The van der Waals surface area contributed by atoms with Crippen molar-refractivity contribution in [3.63, 3.8) is 0 Å². The normalized spacial score (nSPS) is 22.4. The van der Waals surface area contributed by atoms with Gasteiger partial charge in [-0.05, 0) is 19.1 Å². The zero-order chi connectivity index (χ0) is 12.7. The molecule has 18 heavy (non-hydrogen) atoms. The van der Waals surface area contributed by atoms with Crippen LogP contribution in [0.5, 0.6) is 11.5 Å². The number of benzene rings is 1. The Bertz CT molecular complexity index is 592. The summed E-state index contributed by atoms with van der Waals surface area (Å²) < 4.78 is 7.39. The number of nitrogens with zero attached hydrogens (tertiary/aromatic N) is 2. The fraction of sp³-hybridized carbons (Fsp3) is 0.231. The van der Waals surface area contributed by atoms with Crippen molar-refractivity contribution in [2.45, 2.75) is 19.1 Å². The number of aromatic hydroxyl groups is 1. The Morgan fingerprint density at radius 2 is 2.28 bits per heavy atom. The molecule has 5 nitrogen and oxygen atoms in total. The van der Waals surface area contributed by atoms with Crippen molar-refractivity contribution in [1.82, 2.24) is 9.55 Å². The van der Waals surface area contributed by atoms with Crippen LogP contribution < -0.4 is 4.74 Å². The number of rotatable bonds is 1. The fourth-order valence-corrected chi connectivity index (χ4v) is 2.30. The van der Waals surface area contributed by atoms with Gasteiger partial charge in [0.25, 0.3) is 0 Å². The van der Waals surface area contributed by atoms with Crippen molar-refractivity contribution in [2.24, 2.45) is 0 Å². The average Bonchev–Trinajstić information content (AvgIpc) is 2.82. The van der Waals surface area contributed by atoms with Gasteiger partial charge in [-0.2, -0.15) is 0 Å². The predicted octanol–water partition coefficient (Wildman–Crippen LogP) is 1.79. The SMILES string of the molecule is C[C@@H]1Oc2cccc(O)c2C(=O)[C@H]1n1ccnc1. The van der Waals surface area contributed by atoms with Crippen LogP contribution in [0.4, 0.5) is 0 Å². The second kappa shape index (κ2) is 3.87. The number of fused-ring (bicyclic) bond motifs is 1. The van der Waals surface area contributed by atoms with Gasteiger partial charge in [0, 0.05) is 12.4 Å².